The van der Waals surface area contributed by atoms with E-state index in [1.54, 1.807) is 7.11 Å². The molecule has 82 valence electrons. The van der Waals surface area contributed by atoms with E-state index in [1.807, 2.05) is 11.8 Å². The number of rotatable bonds is 8. The van der Waals surface area contributed by atoms with E-state index in [2.05, 4.69) is 6.58 Å². The van der Waals surface area contributed by atoms with E-state index in [1.165, 1.54) is 0 Å². The zero-order valence-electron chi connectivity index (χ0n) is 8.95. The van der Waals surface area contributed by atoms with Crippen molar-refractivity contribution >= 4 is 5.97 Å². The Kier molecular flexibility index (Phi) is 7.06. The molecule has 0 amide bonds. The molecule has 0 aromatic rings. The first-order chi connectivity index (χ1) is 6.56. The Bertz CT molecular complexity index is 192. The zero-order chi connectivity index (χ0) is 11.0. The first-order valence-electron chi connectivity index (χ1n) is 4.63. The van der Waals surface area contributed by atoms with Gasteiger partial charge in [-0.1, -0.05) is 5.57 Å². The molecule has 0 radical (unpaired) electrons. The van der Waals surface area contributed by atoms with Crippen LogP contribution in [-0.2, 0) is 9.53 Å². The molecule has 4 nitrogen and oxygen atoms in total. The van der Waals surface area contributed by atoms with Crippen LogP contribution in [0.1, 0.15) is 13.3 Å². The van der Waals surface area contributed by atoms with Crippen molar-refractivity contribution in [2.75, 3.05) is 33.4 Å². The molecule has 0 unspecified atom stereocenters. The number of carboxylic acid groups (broad SMARTS) is 1. The molecule has 0 bridgehead atoms. The SMILES string of the molecule is C=C(C)CCN(CCOC)CC(=O)O. The minimum atomic E-state index is -0.803. The molecule has 0 aliphatic rings. The fraction of sp³-hybridized carbons (Fsp3) is 0.700. The second kappa shape index (κ2) is 7.53. The third-order valence-electron chi connectivity index (χ3n) is 1.83. The topological polar surface area (TPSA) is 49.8 Å². The van der Waals surface area contributed by atoms with Crippen molar-refractivity contribution in [3.8, 4) is 0 Å². The van der Waals surface area contributed by atoms with Crippen molar-refractivity contribution in [3.63, 3.8) is 0 Å². The molecule has 0 aromatic carbocycles. The minimum Gasteiger partial charge on any atom is -0.480 e. The van der Waals surface area contributed by atoms with Crippen molar-refractivity contribution in [2.24, 2.45) is 0 Å². The average Bonchev–Trinajstić information content (AvgIpc) is 2.09. The number of nitrogens with zero attached hydrogens (tertiary/aromatic N) is 1. The van der Waals surface area contributed by atoms with Crippen LogP contribution >= 0.6 is 0 Å². The highest BCUT2D eigenvalue weighted by molar-refractivity contribution is 5.69. The summed E-state index contributed by atoms with van der Waals surface area (Å²) in [4.78, 5) is 12.4. The fourth-order valence-corrected chi connectivity index (χ4v) is 1.03. The summed E-state index contributed by atoms with van der Waals surface area (Å²) < 4.78 is 4.90. The van der Waals surface area contributed by atoms with Gasteiger partial charge in [0.15, 0.2) is 0 Å². The summed E-state index contributed by atoms with van der Waals surface area (Å²) in [5.41, 5.74) is 1.07. The predicted molar refractivity (Wildman–Crippen MR) is 55.4 cm³/mol. The summed E-state index contributed by atoms with van der Waals surface area (Å²) in [6.45, 7) is 7.72. The van der Waals surface area contributed by atoms with Gasteiger partial charge in [0.1, 0.15) is 0 Å². The summed E-state index contributed by atoms with van der Waals surface area (Å²) in [6, 6.07) is 0. The summed E-state index contributed by atoms with van der Waals surface area (Å²) in [5, 5.41) is 8.64. The number of aliphatic carboxylic acids is 1. The lowest BCUT2D eigenvalue weighted by Gasteiger charge is -2.19. The summed E-state index contributed by atoms with van der Waals surface area (Å²) >= 11 is 0. The maximum absolute atomic E-state index is 10.5. The lowest BCUT2D eigenvalue weighted by molar-refractivity contribution is -0.138. The molecule has 0 fully saturated rings. The molecular weight excluding hydrogens is 182 g/mol. The molecule has 14 heavy (non-hydrogen) atoms. The van der Waals surface area contributed by atoms with E-state index in [-0.39, 0.29) is 6.54 Å². The number of ether oxygens (including phenoxy) is 1. The fourth-order valence-electron chi connectivity index (χ4n) is 1.03. The maximum atomic E-state index is 10.5. The van der Waals surface area contributed by atoms with Gasteiger partial charge in [-0.15, -0.1) is 6.58 Å². The van der Waals surface area contributed by atoms with Crippen molar-refractivity contribution in [2.45, 2.75) is 13.3 Å². The summed E-state index contributed by atoms with van der Waals surface area (Å²) in [7, 11) is 1.61. The average molecular weight is 201 g/mol. The Morgan fingerprint density at radius 3 is 2.57 bits per heavy atom. The van der Waals surface area contributed by atoms with Crippen molar-refractivity contribution < 1.29 is 14.6 Å². The van der Waals surface area contributed by atoms with Gasteiger partial charge in [0, 0.05) is 20.2 Å². The smallest absolute Gasteiger partial charge is 0.317 e. The van der Waals surface area contributed by atoms with E-state index in [4.69, 9.17) is 9.84 Å². The number of hydrogen-bond acceptors (Lipinski definition) is 3. The number of carboxylic acids is 1. The molecule has 0 saturated carbocycles. The molecule has 0 heterocycles. The quantitative estimate of drug-likeness (QED) is 0.595. The molecule has 1 N–H and O–H groups in total. The number of methoxy groups -OCH3 is 1. The van der Waals surface area contributed by atoms with Crippen LogP contribution in [0.4, 0.5) is 0 Å². The van der Waals surface area contributed by atoms with Crippen molar-refractivity contribution in [1.29, 1.82) is 0 Å². The van der Waals surface area contributed by atoms with Gasteiger partial charge in [0.05, 0.1) is 13.2 Å². The Morgan fingerprint density at radius 2 is 2.14 bits per heavy atom. The Balaban J connectivity index is 3.83. The molecular formula is C10H19NO3. The van der Waals surface area contributed by atoms with E-state index in [9.17, 15) is 4.79 Å². The second-order valence-corrected chi connectivity index (χ2v) is 3.37. The summed E-state index contributed by atoms with van der Waals surface area (Å²) in [6.07, 6.45) is 0.830. The van der Waals surface area contributed by atoms with E-state index in [0.717, 1.165) is 18.5 Å². The molecule has 0 rings (SSSR count). The van der Waals surface area contributed by atoms with Gasteiger partial charge >= 0.3 is 5.97 Å². The molecule has 0 saturated heterocycles. The Hall–Kier alpha value is -0.870. The lowest BCUT2D eigenvalue weighted by Crippen LogP contribution is -2.33. The molecule has 0 aromatic heterocycles. The number of hydrogen-bond donors (Lipinski definition) is 1. The van der Waals surface area contributed by atoms with Crippen LogP contribution in [0.25, 0.3) is 0 Å². The van der Waals surface area contributed by atoms with Crippen LogP contribution in [0.2, 0.25) is 0 Å². The van der Waals surface area contributed by atoms with Gasteiger partial charge in [0.25, 0.3) is 0 Å². The van der Waals surface area contributed by atoms with Crippen molar-refractivity contribution in [3.05, 3.63) is 12.2 Å². The summed E-state index contributed by atoms with van der Waals surface area (Å²) in [5.74, 6) is -0.803. The zero-order valence-corrected chi connectivity index (χ0v) is 8.95. The monoisotopic (exact) mass is 201 g/mol. The highest BCUT2D eigenvalue weighted by atomic mass is 16.5. The molecule has 4 heteroatoms. The third-order valence-corrected chi connectivity index (χ3v) is 1.83. The van der Waals surface area contributed by atoms with Gasteiger partial charge in [0.2, 0.25) is 0 Å². The van der Waals surface area contributed by atoms with Gasteiger partial charge in [-0.25, -0.2) is 0 Å². The van der Waals surface area contributed by atoms with Crippen molar-refractivity contribution in [1.82, 2.24) is 4.90 Å². The van der Waals surface area contributed by atoms with E-state index >= 15 is 0 Å². The highest BCUT2D eigenvalue weighted by Gasteiger charge is 2.08. The first kappa shape index (κ1) is 13.1. The van der Waals surface area contributed by atoms with Crippen LogP contribution in [-0.4, -0.2) is 49.3 Å². The van der Waals surface area contributed by atoms with Crippen LogP contribution < -0.4 is 0 Å². The Morgan fingerprint density at radius 1 is 1.50 bits per heavy atom. The normalized spacial score (nSPS) is 10.5. The first-order valence-corrected chi connectivity index (χ1v) is 4.63. The van der Waals surface area contributed by atoms with Gasteiger partial charge in [-0.2, -0.15) is 0 Å². The van der Waals surface area contributed by atoms with Crippen LogP contribution in [0.15, 0.2) is 12.2 Å². The van der Waals surface area contributed by atoms with Gasteiger partial charge in [-0.05, 0) is 13.3 Å². The molecule has 0 atom stereocenters. The maximum Gasteiger partial charge on any atom is 0.317 e. The standard InChI is InChI=1S/C10H19NO3/c1-9(2)4-5-11(6-7-14-3)8-10(12)13/h1,4-8H2,2-3H3,(H,12,13). The van der Waals surface area contributed by atoms with E-state index in [0.29, 0.717) is 13.2 Å². The molecule has 0 spiro atoms. The molecule has 0 aliphatic carbocycles. The van der Waals surface area contributed by atoms with Crippen LogP contribution in [0.5, 0.6) is 0 Å². The van der Waals surface area contributed by atoms with Gasteiger partial charge < -0.3 is 9.84 Å². The van der Waals surface area contributed by atoms with Gasteiger partial charge in [-0.3, -0.25) is 9.69 Å². The Labute approximate surface area is 85.2 Å². The predicted octanol–water partition coefficient (Wildman–Crippen LogP) is 0.986. The van der Waals surface area contributed by atoms with E-state index < -0.39 is 5.97 Å². The third kappa shape index (κ3) is 7.76. The second-order valence-electron chi connectivity index (χ2n) is 3.37. The largest absolute Gasteiger partial charge is 0.480 e. The number of carbonyl (C=O) groups is 1. The van der Waals surface area contributed by atoms with Crippen LogP contribution in [0, 0.1) is 0 Å². The molecule has 0 aliphatic heterocycles. The van der Waals surface area contributed by atoms with Crippen LogP contribution in [0.3, 0.4) is 0 Å². The highest BCUT2D eigenvalue weighted by Crippen LogP contribution is 1.99. The lowest BCUT2D eigenvalue weighted by atomic mass is 10.2. The minimum absolute atomic E-state index is 0.0661.